The molecule has 112 valence electrons. The SMILES string of the molecule is Cc1cc(C=CC(=O)O)cc(NC(=O)C2CCCCC2)c1. The van der Waals surface area contributed by atoms with Gasteiger partial charge in [0.2, 0.25) is 5.91 Å². The van der Waals surface area contributed by atoms with Crippen molar-refractivity contribution in [1.82, 2.24) is 0 Å². The molecule has 1 aromatic rings. The molecular weight excluding hydrogens is 266 g/mol. The largest absolute Gasteiger partial charge is 0.478 e. The molecule has 0 atom stereocenters. The molecule has 1 fully saturated rings. The van der Waals surface area contributed by atoms with E-state index >= 15 is 0 Å². The van der Waals surface area contributed by atoms with E-state index in [1.54, 1.807) is 6.07 Å². The van der Waals surface area contributed by atoms with E-state index in [1.165, 1.54) is 12.5 Å². The summed E-state index contributed by atoms with van der Waals surface area (Å²) in [5, 5.41) is 11.6. The molecule has 1 amide bonds. The first-order chi connectivity index (χ1) is 10.0. The quantitative estimate of drug-likeness (QED) is 0.831. The average molecular weight is 287 g/mol. The molecule has 0 unspecified atom stereocenters. The predicted octanol–water partition coefficient (Wildman–Crippen LogP) is 3.61. The molecule has 1 aromatic carbocycles. The van der Waals surface area contributed by atoms with Gasteiger partial charge in [-0.1, -0.05) is 25.3 Å². The van der Waals surface area contributed by atoms with Crippen LogP contribution in [0.1, 0.15) is 43.2 Å². The van der Waals surface area contributed by atoms with Crippen LogP contribution >= 0.6 is 0 Å². The molecule has 0 bridgehead atoms. The van der Waals surface area contributed by atoms with Crippen LogP contribution in [0.2, 0.25) is 0 Å². The summed E-state index contributed by atoms with van der Waals surface area (Å²) in [5.74, 6) is -0.796. The number of anilines is 1. The number of carbonyl (C=O) groups excluding carboxylic acids is 1. The van der Waals surface area contributed by atoms with Gasteiger partial charge in [-0.05, 0) is 49.1 Å². The lowest BCUT2D eigenvalue weighted by Crippen LogP contribution is -2.24. The number of aliphatic carboxylic acids is 1. The first kappa shape index (κ1) is 15.3. The van der Waals surface area contributed by atoms with Gasteiger partial charge in [0.25, 0.3) is 0 Å². The Morgan fingerprint density at radius 3 is 2.57 bits per heavy atom. The number of hydrogen-bond acceptors (Lipinski definition) is 2. The van der Waals surface area contributed by atoms with Crippen LogP contribution in [0, 0.1) is 12.8 Å². The molecule has 2 N–H and O–H groups in total. The lowest BCUT2D eigenvalue weighted by Gasteiger charge is -2.21. The third-order valence-corrected chi connectivity index (χ3v) is 3.76. The van der Waals surface area contributed by atoms with Crippen molar-refractivity contribution in [3.05, 3.63) is 35.4 Å². The highest BCUT2D eigenvalue weighted by Crippen LogP contribution is 2.25. The molecule has 2 rings (SSSR count). The maximum atomic E-state index is 12.2. The second-order valence-corrected chi connectivity index (χ2v) is 5.63. The van der Waals surface area contributed by atoms with E-state index in [9.17, 15) is 9.59 Å². The third-order valence-electron chi connectivity index (χ3n) is 3.76. The molecular formula is C17H21NO3. The summed E-state index contributed by atoms with van der Waals surface area (Å²) in [6.07, 6.45) is 8.02. The maximum absolute atomic E-state index is 12.2. The minimum atomic E-state index is -0.982. The zero-order valence-electron chi connectivity index (χ0n) is 12.3. The van der Waals surface area contributed by atoms with Crippen molar-refractivity contribution in [3.8, 4) is 0 Å². The molecule has 0 aliphatic heterocycles. The van der Waals surface area contributed by atoms with Crippen LogP contribution in [0.3, 0.4) is 0 Å². The van der Waals surface area contributed by atoms with E-state index in [1.807, 2.05) is 19.1 Å². The Morgan fingerprint density at radius 2 is 1.90 bits per heavy atom. The Morgan fingerprint density at radius 1 is 1.19 bits per heavy atom. The van der Waals surface area contributed by atoms with Gasteiger partial charge in [-0.3, -0.25) is 4.79 Å². The first-order valence-electron chi connectivity index (χ1n) is 7.38. The van der Waals surface area contributed by atoms with Crippen molar-refractivity contribution in [2.45, 2.75) is 39.0 Å². The van der Waals surface area contributed by atoms with Crippen LogP contribution in [0.15, 0.2) is 24.3 Å². The van der Waals surface area contributed by atoms with Gasteiger partial charge in [0.1, 0.15) is 0 Å². The number of carbonyl (C=O) groups is 2. The van der Waals surface area contributed by atoms with Crippen LogP contribution in [0.4, 0.5) is 5.69 Å². The second kappa shape index (κ2) is 7.07. The number of hydrogen-bond donors (Lipinski definition) is 2. The molecule has 0 radical (unpaired) electrons. The van der Waals surface area contributed by atoms with Gasteiger partial charge in [0, 0.05) is 17.7 Å². The van der Waals surface area contributed by atoms with Gasteiger partial charge in [-0.15, -0.1) is 0 Å². The molecule has 21 heavy (non-hydrogen) atoms. The summed E-state index contributed by atoms with van der Waals surface area (Å²) < 4.78 is 0. The Bertz CT molecular complexity index is 557. The Balaban J connectivity index is 2.08. The molecule has 0 saturated heterocycles. The number of aryl methyl sites for hydroxylation is 1. The number of nitrogens with one attached hydrogen (secondary N) is 1. The van der Waals surface area contributed by atoms with Crippen LogP contribution in [-0.4, -0.2) is 17.0 Å². The molecule has 1 aliphatic carbocycles. The highest BCUT2D eigenvalue weighted by Gasteiger charge is 2.21. The summed E-state index contributed by atoms with van der Waals surface area (Å²) in [5.41, 5.74) is 2.49. The van der Waals surface area contributed by atoms with E-state index in [-0.39, 0.29) is 11.8 Å². The van der Waals surface area contributed by atoms with Gasteiger partial charge in [-0.25, -0.2) is 4.79 Å². The number of carboxylic acids is 1. The van der Waals surface area contributed by atoms with Crippen molar-refractivity contribution in [2.75, 3.05) is 5.32 Å². The first-order valence-corrected chi connectivity index (χ1v) is 7.38. The van der Waals surface area contributed by atoms with E-state index < -0.39 is 5.97 Å². The van der Waals surface area contributed by atoms with Gasteiger partial charge < -0.3 is 10.4 Å². The fraction of sp³-hybridized carbons (Fsp3) is 0.412. The lowest BCUT2D eigenvalue weighted by molar-refractivity contribution is -0.131. The number of rotatable bonds is 4. The van der Waals surface area contributed by atoms with Crippen LogP contribution in [0.25, 0.3) is 6.08 Å². The monoisotopic (exact) mass is 287 g/mol. The minimum absolute atomic E-state index is 0.0773. The van der Waals surface area contributed by atoms with Crippen molar-refractivity contribution >= 4 is 23.6 Å². The van der Waals surface area contributed by atoms with Crippen molar-refractivity contribution in [3.63, 3.8) is 0 Å². The van der Waals surface area contributed by atoms with Gasteiger partial charge in [0.15, 0.2) is 0 Å². The summed E-state index contributed by atoms with van der Waals surface area (Å²) in [4.78, 5) is 22.8. The number of benzene rings is 1. The Labute approximate surface area is 124 Å². The van der Waals surface area contributed by atoms with E-state index in [4.69, 9.17) is 5.11 Å². The highest BCUT2D eigenvalue weighted by molar-refractivity contribution is 5.93. The van der Waals surface area contributed by atoms with Gasteiger partial charge >= 0.3 is 5.97 Å². The summed E-state index contributed by atoms with van der Waals surface area (Å²) >= 11 is 0. The van der Waals surface area contributed by atoms with Crippen molar-refractivity contribution in [1.29, 1.82) is 0 Å². The average Bonchev–Trinajstić information content (AvgIpc) is 2.45. The van der Waals surface area contributed by atoms with E-state index in [2.05, 4.69) is 5.32 Å². The second-order valence-electron chi connectivity index (χ2n) is 5.63. The topological polar surface area (TPSA) is 66.4 Å². The van der Waals surface area contributed by atoms with Crippen molar-refractivity contribution in [2.24, 2.45) is 5.92 Å². The molecule has 1 aliphatic rings. The smallest absolute Gasteiger partial charge is 0.328 e. The lowest BCUT2D eigenvalue weighted by atomic mass is 9.88. The summed E-state index contributed by atoms with van der Waals surface area (Å²) in [7, 11) is 0. The zero-order valence-corrected chi connectivity index (χ0v) is 12.3. The van der Waals surface area contributed by atoms with Gasteiger partial charge in [-0.2, -0.15) is 0 Å². The van der Waals surface area contributed by atoms with Crippen LogP contribution in [-0.2, 0) is 9.59 Å². The van der Waals surface area contributed by atoms with Gasteiger partial charge in [0.05, 0.1) is 0 Å². The maximum Gasteiger partial charge on any atom is 0.328 e. The zero-order chi connectivity index (χ0) is 15.2. The fourth-order valence-electron chi connectivity index (χ4n) is 2.76. The number of amides is 1. The number of carboxylic acid groups (broad SMARTS) is 1. The van der Waals surface area contributed by atoms with Crippen LogP contribution in [0.5, 0.6) is 0 Å². The minimum Gasteiger partial charge on any atom is -0.478 e. The predicted molar refractivity (Wildman–Crippen MR) is 83.1 cm³/mol. The molecule has 4 heteroatoms. The van der Waals surface area contributed by atoms with Crippen LogP contribution < -0.4 is 5.32 Å². The Hall–Kier alpha value is -2.10. The third kappa shape index (κ3) is 4.74. The standard InChI is InChI=1S/C17H21NO3/c1-12-9-13(7-8-16(19)20)11-15(10-12)18-17(21)14-5-3-2-4-6-14/h7-11,14H,2-6H2,1H3,(H,18,21)(H,19,20). The normalized spacial score (nSPS) is 16.0. The summed E-state index contributed by atoms with van der Waals surface area (Å²) in [6.45, 7) is 1.92. The fourth-order valence-corrected chi connectivity index (χ4v) is 2.76. The molecule has 0 heterocycles. The summed E-state index contributed by atoms with van der Waals surface area (Å²) in [6, 6.07) is 5.59. The highest BCUT2D eigenvalue weighted by atomic mass is 16.4. The van der Waals surface area contributed by atoms with E-state index in [0.717, 1.165) is 48.6 Å². The molecule has 1 saturated carbocycles. The molecule has 0 aromatic heterocycles. The van der Waals surface area contributed by atoms with E-state index in [0.29, 0.717) is 0 Å². The molecule has 0 spiro atoms. The Kier molecular flexibility index (Phi) is 5.14. The molecule has 4 nitrogen and oxygen atoms in total. The van der Waals surface area contributed by atoms with Crippen molar-refractivity contribution < 1.29 is 14.7 Å².